The summed E-state index contributed by atoms with van der Waals surface area (Å²) in [5, 5.41) is 2.26. The third-order valence-corrected chi connectivity index (χ3v) is 5.12. The second-order valence-corrected chi connectivity index (χ2v) is 7.59. The van der Waals surface area contributed by atoms with E-state index in [-0.39, 0.29) is 5.57 Å². The van der Waals surface area contributed by atoms with Crippen molar-refractivity contribution in [2.45, 2.75) is 20.5 Å². The van der Waals surface area contributed by atoms with Gasteiger partial charge in [0.15, 0.2) is 0 Å². The Morgan fingerprint density at radius 2 is 1.69 bits per heavy atom. The van der Waals surface area contributed by atoms with Crippen molar-refractivity contribution in [2.75, 3.05) is 4.90 Å². The van der Waals surface area contributed by atoms with Gasteiger partial charge in [-0.25, -0.2) is 9.69 Å². The van der Waals surface area contributed by atoms with Crippen LogP contribution in [0.25, 0.3) is 6.08 Å². The molecule has 1 aliphatic heterocycles. The molecule has 1 heterocycles. The highest BCUT2D eigenvalue weighted by molar-refractivity contribution is 6.39. The van der Waals surface area contributed by atoms with Crippen molar-refractivity contribution in [3.8, 4) is 5.75 Å². The minimum Gasteiger partial charge on any atom is -0.489 e. The molecule has 0 atom stereocenters. The molecule has 0 saturated carbocycles. The Morgan fingerprint density at radius 1 is 0.906 bits per heavy atom. The Kier molecular flexibility index (Phi) is 5.85. The second-order valence-electron chi connectivity index (χ2n) is 7.59. The molecular formula is C26H22N2O4. The van der Waals surface area contributed by atoms with Gasteiger partial charge in [0.2, 0.25) is 0 Å². The fourth-order valence-electron chi connectivity index (χ4n) is 3.44. The van der Waals surface area contributed by atoms with E-state index in [1.54, 1.807) is 30.3 Å². The van der Waals surface area contributed by atoms with Crippen LogP contribution >= 0.6 is 0 Å². The summed E-state index contributed by atoms with van der Waals surface area (Å²) < 4.78 is 5.83. The highest BCUT2D eigenvalue weighted by Gasteiger charge is 2.37. The van der Waals surface area contributed by atoms with E-state index < -0.39 is 17.8 Å². The fourth-order valence-corrected chi connectivity index (χ4v) is 3.44. The lowest BCUT2D eigenvalue weighted by Gasteiger charge is -2.27. The molecule has 4 amide bonds. The third kappa shape index (κ3) is 4.44. The molecule has 32 heavy (non-hydrogen) atoms. The molecule has 1 saturated heterocycles. The number of hydrogen-bond donors (Lipinski definition) is 1. The van der Waals surface area contributed by atoms with Gasteiger partial charge >= 0.3 is 6.03 Å². The molecule has 3 aromatic rings. The van der Waals surface area contributed by atoms with Crippen LogP contribution < -0.4 is 15.0 Å². The molecular weight excluding hydrogens is 404 g/mol. The zero-order valence-corrected chi connectivity index (χ0v) is 17.8. The lowest BCUT2D eigenvalue weighted by Crippen LogP contribution is -2.54. The zero-order valence-electron chi connectivity index (χ0n) is 17.8. The predicted molar refractivity (Wildman–Crippen MR) is 122 cm³/mol. The Hall–Kier alpha value is -4.19. The Morgan fingerprint density at radius 3 is 2.47 bits per heavy atom. The smallest absolute Gasteiger partial charge is 0.335 e. The number of benzene rings is 3. The van der Waals surface area contributed by atoms with Gasteiger partial charge in [0.05, 0.1) is 5.69 Å². The summed E-state index contributed by atoms with van der Waals surface area (Å²) in [4.78, 5) is 39.1. The number of anilines is 1. The number of urea groups is 1. The summed E-state index contributed by atoms with van der Waals surface area (Å²) >= 11 is 0. The van der Waals surface area contributed by atoms with Crippen molar-refractivity contribution < 1.29 is 19.1 Å². The van der Waals surface area contributed by atoms with Gasteiger partial charge in [-0.15, -0.1) is 0 Å². The number of aryl methyl sites for hydroxylation is 2. The topological polar surface area (TPSA) is 75.7 Å². The molecule has 3 aromatic carbocycles. The van der Waals surface area contributed by atoms with Gasteiger partial charge in [-0.2, -0.15) is 0 Å². The number of nitrogens with zero attached hydrogens (tertiary/aromatic N) is 1. The minimum absolute atomic E-state index is 0.120. The highest BCUT2D eigenvalue weighted by atomic mass is 16.5. The van der Waals surface area contributed by atoms with Crippen LogP contribution in [0.2, 0.25) is 0 Å². The molecule has 1 aliphatic rings. The molecule has 0 spiro atoms. The molecule has 6 nitrogen and oxygen atoms in total. The summed E-state index contributed by atoms with van der Waals surface area (Å²) in [7, 11) is 0. The molecule has 0 aliphatic carbocycles. The van der Waals surface area contributed by atoms with Crippen molar-refractivity contribution in [3.63, 3.8) is 0 Å². The van der Waals surface area contributed by atoms with E-state index in [1.165, 1.54) is 6.08 Å². The predicted octanol–water partition coefficient (Wildman–Crippen LogP) is 4.55. The maximum absolute atomic E-state index is 13.2. The summed E-state index contributed by atoms with van der Waals surface area (Å²) in [6, 6.07) is 21.6. The maximum Gasteiger partial charge on any atom is 0.335 e. The van der Waals surface area contributed by atoms with Gasteiger partial charge in [-0.05, 0) is 60.4 Å². The monoisotopic (exact) mass is 426 g/mol. The average molecular weight is 426 g/mol. The van der Waals surface area contributed by atoms with E-state index in [9.17, 15) is 14.4 Å². The Balaban J connectivity index is 1.61. The van der Waals surface area contributed by atoms with Crippen LogP contribution in [0.3, 0.4) is 0 Å². The van der Waals surface area contributed by atoms with Gasteiger partial charge < -0.3 is 4.74 Å². The van der Waals surface area contributed by atoms with Gasteiger partial charge in [-0.1, -0.05) is 54.6 Å². The number of nitrogens with one attached hydrogen (secondary N) is 1. The number of ether oxygens (including phenoxy) is 1. The SMILES string of the molecule is Cc1ccc(C)c(N2C(=O)NC(=O)/C(=C/c3cccc(OCc4ccccc4)c3)C2=O)c1. The van der Waals surface area contributed by atoms with Crippen LogP contribution in [0.5, 0.6) is 5.75 Å². The fraction of sp³-hybridized carbons (Fsp3) is 0.115. The van der Waals surface area contributed by atoms with E-state index in [4.69, 9.17) is 4.74 Å². The van der Waals surface area contributed by atoms with Crippen LogP contribution in [0.1, 0.15) is 22.3 Å². The first-order valence-corrected chi connectivity index (χ1v) is 10.2. The standard InChI is InChI=1S/C26H22N2O4/c1-17-11-12-18(2)23(13-17)28-25(30)22(24(29)27-26(28)31)15-20-9-6-10-21(14-20)32-16-19-7-4-3-5-8-19/h3-15H,16H2,1-2H3,(H,27,29,31)/b22-15-. The molecule has 160 valence electrons. The van der Waals surface area contributed by atoms with E-state index in [1.807, 2.05) is 56.3 Å². The van der Waals surface area contributed by atoms with Crippen molar-refractivity contribution in [2.24, 2.45) is 0 Å². The lowest BCUT2D eigenvalue weighted by molar-refractivity contribution is -0.122. The Labute approximate surface area is 186 Å². The third-order valence-electron chi connectivity index (χ3n) is 5.12. The zero-order chi connectivity index (χ0) is 22.7. The van der Waals surface area contributed by atoms with E-state index in [0.717, 1.165) is 21.6 Å². The van der Waals surface area contributed by atoms with Gasteiger partial charge in [0.25, 0.3) is 11.8 Å². The van der Waals surface area contributed by atoms with Gasteiger partial charge in [-0.3, -0.25) is 14.9 Å². The molecule has 6 heteroatoms. The van der Waals surface area contributed by atoms with Crippen LogP contribution in [-0.2, 0) is 16.2 Å². The number of rotatable bonds is 5. The van der Waals surface area contributed by atoms with Crippen molar-refractivity contribution >= 4 is 29.6 Å². The minimum atomic E-state index is -0.759. The van der Waals surface area contributed by atoms with Gasteiger partial charge in [0.1, 0.15) is 17.9 Å². The number of amides is 4. The quantitative estimate of drug-likeness (QED) is 0.480. The van der Waals surface area contributed by atoms with Crippen LogP contribution in [-0.4, -0.2) is 17.8 Å². The normalized spacial score (nSPS) is 15.1. The molecule has 1 N–H and O–H groups in total. The first kappa shape index (κ1) is 21.1. The van der Waals surface area contributed by atoms with E-state index in [2.05, 4.69) is 5.32 Å². The molecule has 0 aromatic heterocycles. The Bertz CT molecular complexity index is 1230. The molecule has 0 bridgehead atoms. The van der Waals surface area contributed by atoms with Crippen molar-refractivity contribution in [1.82, 2.24) is 5.32 Å². The summed E-state index contributed by atoms with van der Waals surface area (Å²) in [5.41, 5.74) is 3.63. The van der Waals surface area contributed by atoms with Crippen LogP contribution in [0.15, 0.2) is 78.4 Å². The van der Waals surface area contributed by atoms with Gasteiger partial charge in [0, 0.05) is 0 Å². The highest BCUT2D eigenvalue weighted by Crippen LogP contribution is 2.27. The molecule has 4 rings (SSSR count). The summed E-state index contributed by atoms with van der Waals surface area (Å²) in [5.74, 6) is -0.783. The molecule has 1 fully saturated rings. The summed E-state index contributed by atoms with van der Waals surface area (Å²) in [6.07, 6.45) is 1.47. The number of carbonyl (C=O) groups is 3. The maximum atomic E-state index is 13.2. The average Bonchev–Trinajstić information content (AvgIpc) is 2.78. The number of imide groups is 2. The molecule has 0 unspecified atom stereocenters. The van der Waals surface area contributed by atoms with Crippen LogP contribution in [0.4, 0.5) is 10.5 Å². The van der Waals surface area contributed by atoms with E-state index >= 15 is 0 Å². The largest absolute Gasteiger partial charge is 0.489 e. The lowest BCUT2D eigenvalue weighted by atomic mass is 10.0. The first-order chi connectivity index (χ1) is 15.4. The van der Waals surface area contributed by atoms with Crippen molar-refractivity contribution in [1.29, 1.82) is 0 Å². The number of carbonyl (C=O) groups excluding carboxylic acids is 3. The summed E-state index contributed by atoms with van der Waals surface area (Å²) in [6.45, 7) is 4.08. The van der Waals surface area contributed by atoms with Crippen LogP contribution in [0, 0.1) is 13.8 Å². The first-order valence-electron chi connectivity index (χ1n) is 10.2. The number of barbiturate groups is 1. The second kappa shape index (κ2) is 8.89. The molecule has 0 radical (unpaired) electrons. The number of hydrogen-bond acceptors (Lipinski definition) is 4. The van der Waals surface area contributed by atoms with E-state index in [0.29, 0.717) is 23.6 Å². The van der Waals surface area contributed by atoms with Crippen molar-refractivity contribution in [3.05, 3.63) is 101 Å².